The SMILES string of the molecule is C[Si](C)(C(=O)CCCC#CCCc1ccccc1)c1ccccc1. The minimum absolute atomic E-state index is 0.430. The summed E-state index contributed by atoms with van der Waals surface area (Å²) in [5.41, 5.74) is 1.33. The van der Waals surface area contributed by atoms with E-state index in [0.717, 1.165) is 25.7 Å². The Kier molecular flexibility index (Phi) is 7.02. The van der Waals surface area contributed by atoms with E-state index in [1.807, 2.05) is 24.3 Å². The zero-order valence-corrected chi connectivity index (χ0v) is 15.7. The molecule has 1 nitrogen and oxygen atoms in total. The maximum absolute atomic E-state index is 12.6. The molecule has 2 rings (SSSR count). The van der Waals surface area contributed by atoms with Crippen LogP contribution in [0.5, 0.6) is 0 Å². The molecule has 0 aliphatic heterocycles. The summed E-state index contributed by atoms with van der Waals surface area (Å²) in [6.07, 6.45) is 4.24. The van der Waals surface area contributed by atoms with Crippen LogP contribution in [0.3, 0.4) is 0 Å². The molecule has 0 fully saturated rings. The second kappa shape index (κ2) is 9.25. The van der Waals surface area contributed by atoms with Gasteiger partial charge in [-0.25, -0.2) is 0 Å². The number of hydrogen-bond donors (Lipinski definition) is 0. The van der Waals surface area contributed by atoms with Gasteiger partial charge in [0.2, 0.25) is 0 Å². The third-order valence-corrected chi connectivity index (χ3v) is 7.83. The van der Waals surface area contributed by atoms with E-state index in [-0.39, 0.29) is 0 Å². The molecular weight excluding hydrogens is 308 g/mol. The zero-order valence-electron chi connectivity index (χ0n) is 14.7. The van der Waals surface area contributed by atoms with Crippen LogP contribution in [0.25, 0.3) is 0 Å². The molecule has 2 heteroatoms. The third-order valence-electron chi connectivity index (χ3n) is 4.40. The molecule has 0 saturated carbocycles. The molecule has 24 heavy (non-hydrogen) atoms. The molecule has 0 aromatic heterocycles. The predicted molar refractivity (Wildman–Crippen MR) is 105 cm³/mol. The van der Waals surface area contributed by atoms with E-state index < -0.39 is 8.07 Å². The van der Waals surface area contributed by atoms with Crippen molar-refractivity contribution in [2.24, 2.45) is 0 Å². The highest BCUT2D eigenvalue weighted by Gasteiger charge is 2.31. The van der Waals surface area contributed by atoms with Gasteiger partial charge in [0.25, 0.3) is 0 Å². The molecule has 0 aliphatic rings. The van der Waals surface area contributed by atoms with E-state index >= 15 is 0 Å². The first-order valence-electron chi connectivity index (χ1n) is 8.69. The van der Waals surface area contributed by atoms with Gasteiger partial charge in [0.1, 0.15) is 5.41 Å². The van der Waals surface area contributed by atoms with Gasteiger partial charge in [-0.2, -0.15) is 0 Å². The van der Waals surface area contributed by atoms with Crippen LogP contribution in [-0.4, -0.2) is 13.5 Å². The van der Waals surface area contributed by atoms with Crippen LogP contribution in [0, 0.1) is 11.8 Å². The van der Waals surface area contributed by atoms with Gasteiger partial charge in [-0.05, 0) is 18.4 Å². The maximum atomic E-state index is 12.6. The Balaban J connectivity index is 1.71. The van der Waals surface area contributed by atoms with E-state index in [1.54, 1.807) is 0 Å². The summed E-state index contributed by atoms with van der Waals surface area (Å²) in [5.74, 6) is 6.44. The summed E-state index contributed by atoms with van der Waals surface area (Å²) in [5, 5.41) is 1.66. The monoisotopic (exact) mass is 334 g/mol. The van der Waals surface area contributed by atoms with E-state index in [4.69, 9.17) is 0 Å². The quantitative estimate of drug-likeness (QED) is 0.413. The van der Waals surface area contributed by atoms with Crippen molar-refractivity contribution in [1.82, 2.24) is 0 Å². The second-order valence-corrected chi connectivity index (χ2v) is 11.0. The van der Waals surface area contributed by atoms with Crippen LogP contribution in [0.15, 0.2) is 60.7 Å². The zero-order chi connectivity index (χ0) is 17.3. The molecule has 2 aromatic rings. The van der Waals surface area contributed by atoms with Crippen molar-refractivity contribution in [1.29, 1.82) is 0 Å². The minimum atomic E-state index is -1.99. The molecule has 124 valence electrons. The molecule has 0 N–H and O–H groups in total. The number of rotatable bonds is 7. The Bertz CT molecular complexity index is 693. The lowest BCUT2D eigenvalue weighted by Gasteiger charge is -2.20. The van der Waals surface area contributed by atoms with Crippen molar-refractivity contribution in [3.63, 3.8) is 0 Å². The van der Waals surface area contributed by atoms with Crippen molar-refractivity contribution < 1.29 is 4.79 Å². The van der Waals surface area contributed by atoms with Crippen molar-refractivity contribution in [3.05, 3.63) is 66.2 Å². The number of hydrogen-bond acceptors (Lipinski definition) is 1. The lowest BCUT2D eigenvalue weighted by Crippen LogP contribution is -2.49. The lowest BCUT2D eigenvalue weighted by atomic mass is 10.1. The molecule has 0 unspecified atom stereocenters. The molecule has 0 radical (unpaired) electrons. The van der Waals surface area contributed by atoms with Crippen LogP contribution in [-0.2, 0) is 11.2 Å². The second-order valence-electron chi connectivity index (χ2n) is 6.61. The molecule has 0 saturated heterocycles. The van der Waals surface area contributed by atoms with Gasteiger partial charge in [-0.1, -0.05) is 78.9 Å². The summed E-state index contributed by atoms with van der Waals surface area (Å²) in [6.45, 7) is 4.30. The van der Waals surface area contributed by atoms with Gasteiger partial charge in [0.15, 0.2) is 8.07 Å². The van der Waals surface area contributed by atoms with Crippen LogP contribution in [0.4, 0.5) is 0 Å². The van der Waals surface area contributed by atoms with Crippen LogP contribution in [0.1, 0.15) is 31.2 Å². The van der Waals surface area contributed by atoms with Crippen LogP contribution >= 0.6 is 0 Å². The number of unbranched alkanes of at least 4 members (excludes halogenated alkanes) is 1. The molecule has 0 heterocycles. The number of carbonyl (C=O) groups excluding carboxylic acids is 1. The first-order chi connectivity index (χ1) is 11.6. The summed E-state index contributed by atoms with van der Waals surface area (Å²) in [4.78, 5) is 12.6. The molecule has 0 aliphatic carbocycles. The predicted octanol–water partition coefficient (Wildman–Crippen LogP) is 4.52. The van der Waals surface area contributed by atoms with E-state index in [2.05, 4.69) is 61.3 Å². The van der Waals surface area contributed by atoms with E-state index in [1.165, 1.54) is 10.8 Å². The van der Waals surface area contributed by atoms with Crippen molar-refractivity contribution in [2.45, 2.75) is 45.2 Å². The molecule has 0 spiro atoms. The van der Waals surface area contributed by atoms with Crippen molar-refractivity contribution in [3.8, 4) is 11.8 Å². The topological polar surface area (TPSA) is 17.1 Å². The van der Waals surface area contributed by atoms with Gasteiger partial charge in [0, 0.05) is 19.3 Å². The largest absolute Gasteiger partial charge is 0.305 e. The summed E-state index contributed by atoms with van der Waals surface area (Å²) < 4.78 is 0. The minimum Gasteiger partial charge on any atom is -0.305 e. The average Bonchev–Trinajstić information content (AvgIpc) is 2.62. The third kappa shape index (κ3) is 5.51. The first kappa shape index (κ1) is 18.2. The number of carbonyl (C=O) groups is 1. The fourth-order valence-corrected chi connectivity index (χ4v) is 4.84. The molecule has 0 amide bonds. The Hall–Kier alpha value is -2.11. The van der Waals surface area contributed by atoms with E-state index in [9.17, 15) is 4.79 Å². The maximum Gasteiger partial charge on any atom is 0.157 e. The molecular formula is C22H26OSi. The standard InChI is InChI=1S/C22H26OSi/c1-24(2,21-17-11-7-12-18-21)22(23)19-13-5-3-4-8-14-20-15-9-6-10-16-20/h6-7,9-12,15-18H,5,8,13-14,19H2,1-2H3. The number of aryl methyl sites for hydroxylation is 1. The van der Waals surface area contributed by atoms with Gasteiger partial charge in [0.05, 0.1) is 0 Å². The van der Waals surface area contributed by atoms with Crippen molar-refractivity contribution >= 4 is 18.7 Å². The van der Waals surface area contributed by atoms with E-state index in [0.29, 0.717) is 11.8 Å². The van der Waals surface area contributed by atoms with Crippen LogP contribution in [0.2, 0.25) is 13.1 Å². The van der Waals surface area contributed by atoms with Gasteiger partial charge < -0.3 is 4.79 Å². The Morgan fingerprint density at radius 3 is 2.12 bits per heavy atom. The normalized spacial score (nSPS) is 10.8. The fraction of sp³-hybridized carbons (Fsp3) is 0.318. The Labute approximate surface area is 147 Å². The number of benzene rings is 2. The highest BCUT2D eigenvalue weighted by atomic mass is 28.3. The summed E-state index contributed by atoms with van der Waals surface area (Å²) in [6, 6.07) is 20.7. The smallest absolute Gasteiger partial charge is 0.157 e. The highest BCUT2D eigenvalue weighted by molar-refractivity contribution is 7.13. The lowest BCUT2D eigenvalue weighted by molar-refractivity contribution is -0.112. The Morgan fingerprint density at radius 2 is 1.46 bits per heavy atom. The molecule has 0 bridgehead atoms. The van der Waals surface area contributed by atoms with Crippen molar-refractivity contribution in [2.75, 3.05) is 0 Å². The highest BCUT2D eigenvalue weighted by Crippen LogP contribution is 2.10. The summed E-state index contributed by atoms with van der Waals surface area (Å²) >= 11 is 0. The summed E-state index contributed by atoms with van der Waals surface area (Å²) in [7, 11) is -1.99. The molecule has 2 aromatic carbocycles. The molecule has 0 atom stereocenters. The Morgan fingerprint density at radius 1 is 0.875 bits per heavy atom. The first-order valence-corrected chi connectivity index (χ1v) is 11.7. The van der Waals surface area contributed by atoms with Gasteiger partial charge in [-0.3, -0.25) is 0 Å². The fourth-order valence-electron chi connectivity index (χ4n) is 2.69. The van der Waals surface area contributed by atoms with Gasteiger partial charge in [-0.15, -0.1) is 11.8 Å². The average molecular weight is 335 g/mol. The van der Waals surface area contributed by atoms with Crippen LogP contribution < -0.4 is 5.19 Å². The van der Waals surface area contributed by atoms with Gasteiger partial charge >= 0.3 is 0 Å².